The zero-order chi connectivity index (χ0) is 16.1. The van der Waals surface area contributed by atoms with Gasteiger partial charge in [0.2, 0.25) is 0 Å². The smallest absolute Gasteiger partial charge is 0.175 e. The van der Waals surface area contributed by atoms with Crippen molar-refractivity contribution in [3.8, 4) is 0 Å². The maximum absolute atomic E-state index is 6.40. The first-order chi connectivity index (χ1) is 11.0. The lowest BCUT2D eigenvalue weighted by Gasteiger charge is -2.37. The number of fused-ring (bicyclic) bond motifs is 2. The third-order valence-electron chi connectivity index (χ3n) is 3.79. The number of hydrogen-bond donors (Lipinski definition) is 0. The predicted molar refractivity (Wildman–Crippen MR) is 91.7 cm³/mol. The van der Waals surface area contributed by atoms with E-state index in [9.17, 15) is 0 Å². The minimum atomic E-state index is 0.496. The molecule has 1 aromatic carbocycles. The molecule has 3 heterocycles. The molecule has 8 heteroatoms. The molecule has 0 atom stereocenters. The highest BCUT2D eigenvalue weighted by atomic mass is 35.5. The Morgan fingerprint density at radius 1 is 1.13 bits per heavy atom. The summed E-state index contributed by atoms with van der Waals surface area (Å²) >= 11 is 18.7. The summed E-state index contributed by atoms with van der Waals surface area (Å²) in [5.74, 6) is 1.61. The molecule has 0 aromatic heterocycles. The van der Waals surface area contributed by atoms with Gasteiger partial charge in [0.25, 0.3) is 0 Å². The van der Waals surface area contributed by atoms with E-state index in [1.807, 2.05) is 29.0 Å². The van der Waals surface area contributed by atoms with Crippen LogP contribution in [0.3, 0.4) is 0 Å². The van der Waals surface area contributed by atoms with Gasteiger partial charge in [-0.05, 0) is 25.1 Å². The summed E-state index contributed by atoms with van der Waals surface area (Å²) in [6.45, 7) is 2.55. The SMILES string of the molecule is CC1=CN(c2cc(Cl)ccc2Cl)C2=C(C1)N=NC1=CN(Cl)CN12. The number of benzene rings is 1. The van der Waals surface area contributed by atoms with Gasteiger partial charge >= 0.3 is 0 Å². The molecule has 0 saturated heterocycles. The van der Waals surface area contributed by atoms with Crippen molar-refractivity contribution >= 4 is 40.7 Å². The molecule has 0 aliphatic carbocycles. The van der Waals surface area contributed by atoms with Gasteiger partial charge in [0.05, 0.1) is 16.9 Å². The average molecular weight is 369 g/mol. The topological polar surface area (TPSA) is 34.4 Å². The summed E-state index contributed by atoms with van der Waals surface area (Å²) in [5, 5.41) is 9.84. The zero-order valence-corrected chi connectivity index (χ0v) is 14.4. The molecule has 0 fully saturated rings. The molecule has 3 aliphatic rings. The molecular formula is C15H12Cl3N5. The Hall–Kier alpha value is -1.69. The number of anilines is 1. The van der Waals surface area contributed by atoms with Crippen molar-refractivity contribution in [2.24, 2.45) is 10.2 Å². The van der Waals surface area contributed by atoms with Crippen LogP contribution in [0, 0.1) is 0 Å². The largest absolute Gasteiger partial charge is 0.300 e. The van der Waals surface area contributed by atoms with Crippen molar-refractivity contribution in [3.63, 3.8) is 0 Å². The second-order valence-corrected chi connectivity index (χ2v) is 6.82. The molecule has 118 valence electrons. The number of rotatable bonds is 1. The van der Waals surface area contributed by atoms with E-state index in [-0.39, 0.29) is 0 Å². The summed E-state index contributed by atoms with van der Waals surface area (Å²) in [6.07, 6.45) is 4.53. The Kier molecular flexibility index (Phi) is 3.52. The summed E-state index contributed by atoms with van der Waals surface area (Å²) in [5.41, 5.74) is 2.84. The van der Waals surface area contributed by atoms with Gasteiger partial charge in [-0.2, -0.15) is 0 Å². The minimum absolute atomic E-state index is 0.496. The van der Waals surface area contributed by atoms with Crippen LogP contribution >= 0.6 is 35.0 Å². The van der Waals surface area contributed by atoms with Gasteiger partial charge in [-0.1, -0.05) is 28.8 Å². The average Bonchev–Trinajstić information content (AvgIpc) is 2.89. The van der Waals surface area contributed by atoms with Crippen molar-refractivity contribution < 1.29 is 0 Å². The van der Waals surface area contributed by atoms with Crippen molar-refractivity contribution in [2.45, 2.75) is 13.3 Å². The van der Waals surface area contributed by atoms with Crippen molar-refractivity contribution in [2.75, 3.05) is 11.6 Å². The highest BCUT2D eigenvalue weighted by Crippen LogP contribution is 2.42. The van der Waals surface area contributed by atoms with Gasteiger partial charge in [0.1, 0.15) is 18.2 Å². The highest BCUT2D eigenvalue weighted by molar-refractivity contribution is 6.35. The van der Waals surface area contributed by atoms with E-state index in [1.54, 1.807) is 22.8 Å². The van der Waals surface area contributed by atoms with Gasteiger partial charge in [0.15, 0.2) is 5.82 Å². The van der Waals surface area contributed by atoms with Crippen LogP contribution in [0.15, 0.2) is 63.7 Å². The first-order valence-corrected chi connectivity index (χ1v) is 8.10. The van der Waals surface area contributed by atoms with E-state index in [0.29, 0.717) is 22.5 Å². The summed E-state index contributed by atoms with van der Waals surface area (Å²) in [7, 11) is 0. The number of nitrogens with zero attached hydrogens (tertiary/aromatic N) is 5. The van der Waals surface area contributed by atoms with Gasteiger partial charge in [-0.3, -0.25) is 9.32 Å². The third kappa shape index (κ3) is 2.49. The molecule has 23 heavy (non-hydrogen) atoms. The molecule has 0 amide bonds. The lowest BCUT2D eigenvalue weighted by atomic mass is 10.1. The fourth-order valence-corrected chi connectivity index (χ4v) is 3.41. The van der Waals surface area contributed by atoms with Gasteiger partial charge < -0.3 is 4.90 Å². The maximum atomic E-state index is 6.40. The number of azo groups is 1. The van der Waals surface area contributed by atoms with Gasteiger partial charge in [-0.25, -0.2) is 0 Å². The molecule has 0 radical (unpaired) electrons. The van der Waals surface area contributed by atoms with Crippen LogP contribution in [-0.4, -0.2) is 16.0 Å². The fourth-order valence-electron chi connectivity index (χ4n) is 2.84. The van der Waals surface area contributed by atoms with Gasteiger partial charge in [-0.15, -0.1) is 10.2 Å². The maximum Gasteiger partial charge on any atom is 0.175 e. The molecule has 0 saturated carbocycles. The Labute approximate surface area is 148 Å². The van der Waals surface area contributed by atoms with Crippen molar-refractivity contribution in [1.29, 1.82) is 0 Å². The van der Waals surface area contributed by atoms with E-state index >= 15 is 0 Å². The summed E-state index contributed by atoms with van der Waals surface area (Å²) in [4.78, 5) is 4.01. The van der Waals surface area contributed by atoms with Crippen LogP contribution < -0.4 is 4.90 Å². The van der Waals surface area contributed by atoms with Crippen LogP contribution in [0.2, 0.25) is 10.0 Å². The van der Waals surface area contributed by atoms with Crippen LogP contribution in [0.5, 0.6) is 0 Å². The number of halogens is 3. The van der Waals surface area contributed by atoms with Crippen LogP contribution in [-0.2, 0) is 0 Å². The van der Waals surface area contributed by atoms with Crippen LogP contribution in [0.25, 0.3) is 0 Å². The number of allylic oxidation sites excluding steroid dienone is 1. The molecule has 1 aromatic rings. The normalized spacial score (nSPS) is 19.7. The lowest BCUT2D eigenvalue weighted by Crippen LogP contribution is -2.36. The van der Waals surface area contributed by atoms with E-state index in [2.05, 4.69) is 10.2 Å². The van der Waals surface area contributed by atoms with Crippen molar-refractivity contribution in [1.82, 2.24) is 9.32 Å². The first kappa shape index (κ1) is 14.9. The second kappa shape index (κ2) is 5.44. The third-order valence-corrected chi connectivity index (χ3v) is 4.55. The van der Waals surface area contributed by atoms with Crippen molar-refractivity contribution in [3.05, 3.63) is 63.6 Å². The highest BCUT2D eigenvalue weighted by Gasteiger charge is 2.35. The fraction of sp³-hybridized carbons (Fsp3) is 0.200. The Morgan fingerprint density at radius 3 is 2.78 bits per heavy atom. The molecular weight excluding hydrogens is 357 g/mol. The van der Waals surface area contributed by atoms with E-state index in [4.69, 9.17) is 35.0 Å². The monoisotopic (exact) mass is 367 g/mol. The first-order valence-electron chi connectivity index (χ1n) is 7.01. The molecule has 4 rings (SSSR count). The van der Waals surface area contributed by atoms with Crippen LogP contribution in [0.1, 0.15) is 13.3 Å². The Balaban J connectivity index is 1.86. The molecule has 0 N–H and O–H groups in total. The molecule has 3 aliphatic heterocycles. The molecule has 0 spiro atoms. The van der Waals surface area contributed by atoms with E-state index in [0.717, 1.165) is 29.2 Å². The molecule has 0 unspecified atom stereocenters. The Bertz CT molecular complexity index is 811. The standard InChI is InChI=1S/C15H12Cl3N5/c1-9-4-12-15(23-8-21(18)7-14(23)20-19-12)22(6-9)13-5-10(16)2-3-11(13)17/h2-3,5-7H,4,8H2,1H3. The number of hydrogen-bond acceptors (Lipinski definition) is 5. The quantitative estimate of drug-likeness (QED) is 0.633. The van der Waals surface area contributed by atoms with E-state index in [1.165, 1.54) is 0 Å². The summed E-state index contributed by atoms with van der Waals surface area (Å²) < 4.78 is 1.55. The lowest BCUT2D eigenvalue weighted by molar-refractivity contribution is 0.363. The zero-order valence-electron chi connectivity index (χ0n) is 12.2. The summed E-state index contributed by atoms with van der Waals surface area (Å²) in [6, 6.07) is 5.40. The molecule has 0 bridgehead atoms. The van der Waals surface area contributed by atoms with E-state index < -0.39 is 0 Å². The predicted octanol–water partition coefficient (Wildman–Crippen LogP) is 5.27. The van der Waals surface area contributed by atoms with Gasteiger partial charge in [0, 0.05) is 29.4 Å². The minimum Gasteiger partial charge on any atom is -0.300 e. The second-order valence-electron chi connectivity index (χ2n) is 5.54. The van der Waals surface area contributed by atoms with Crippen LogP contribution in [0.4, 0.5) is 5.69 Å². The molecule has 5 nitrogen and oxygen atoms in total. The Morgan fingerprint density at radius 2 is 1.96 bits per heavy atom.